The van der Waals surface area contributed by atoms with Crippen LogP contribution in [0.2, 0.25) is 0 Å². The SMILES string of the molecule is Fc1cc(Oc2ccc(-c3ccccc3)cc2)ncn1. The molecule has 0 N–H and O–H groups in total. The Morgan fingerprint density at radius 2 is 1.50 bits per heavy atom. The molecule has 0 spiro atoms. The minimum absolute atomic E-state index is 0.185. The van der Waals surface area contributed by atoms with E-state index in [1.165, 1.54) is 0 Å². The standard InChI is InChI=1S/C16H11FN2O/c17-15-10-16(19-11-18-15)20-14-8-6-13(7-9-14)12-4-2-1-3-5-12/h1-11H. The Morgan fingerprint density at radius 1 is 0.800 bits per heavy atom. The summed E-state index contributed by atoms with van der Waals surface area (Å²) in [5.41, 5.74) is 2.22. The molecule has 0 unspecified atom stereocenters. The molecule has 0 amide bonds. The average Bonchev–Trinajstić information content (AvgIpc) is 2.49. The number of aromatic nitrogens is 2. The Kier molecular flexibility index (Phi) is 3.37. The van der Waals surface area contributed by atoms with Gasteiger partial charge in [-0.05, 0) is 23.3 Å². The quantitative estimate of drug-likeness (QED) is 0.670. The van der Waals surface area contributed by atoms with Gasteiger partial charge in [0.2, 0.25) is 11.8 Å². The van der Waals surface area contributed by atoms with Gasteiger partial charge in [-0.15, -0.1) is 0 Å². The maximum Gasteiger partial charge on any atom is 0.225 e. The molecule has 3 aromatic rings. The van der Waals surface area contributed by atoms with Crippen LogP contribution in [-0.2, 0) is 0 Å². The topological polar surface area (TPSA) is 35.0 Å². The lowest BCUT2D eigenvalue weighted by Gasteiger charge is -2.06. The first-order chi connectivity index (χ1) is 9.81. The van der Waals surface area contributed by atoms with E-state index in [1.807, 2.05) is 54.6 Å². The van der Waals surface area contributed by atoms with E-state index in [2.05, 4.69) is 9.97 Å². The fourth-order valence-electron chi connectivity index (χ4n) is 1.84. The zero-order valence-corrected chi connectivity index (χ0v) is 10.5. The van der Waals surface area contributed by atoms with E-state index in [1.54, 1.807) is 0 Å². The highest BCUT2D eigenvalue weighted by Crippen LogP contribution is 2.24. The normalized spacial score (nSPS) is 10.2. The average molecular weight is 266 g/mol. The maximum absolute atomic E-state index is 12.9. The molecule has 3 nitrogen and oxygen atoms in total. The predicted octanol–water partition coefficient (Wildman–Crippen LogP) is 4.08. The summed E-state index contributed by atoms with van der Waals surface area (Å²) in [5, 5.41) is 0. The van der Waals surface area contributed by atoms with Gasteiger partial charge in [-0.2, -0.15) is 4.39 Å². The molecule has 4 heteroatoms. The second kappa shape index (κ2) is 5.48. The van der Waals surface area contributed by atoms with Gasteiger partial charge in [0.1, 0.15) is 12.1 Å². The van der Waals surface area contributed by atoms with Crippen molar-refractivity contribution in [1.82, 2.24) is 9.97 Å². The number of benzene rings is 2. The molecule has 0 bridgehead atoms. The molecule has 0 radical (unpaired) electrons. The van der Waals surface area contributed by atoms with Gasteiger partial charge in [-0.25, -0.2) is 9.97 Å². The van der Waals surface area contributed by atoms with Crippen LogP contribution in [0.4, 0.5) is 4.39 Å². The zero-order chi connectivity index (χ0) is 13.8. The number of ether oxygens (including phenoxy) is 1. The smallest absolute Gasteiger partial charge is 0.225 e. The van der Waals surface area contributed by atoms with Crippen LogP contribution in [0.3, 0.4) is 0 Å². The number of hydrogen-bond acceptors (Lipinski definition) is 3. The molecule has 2 aromatic carbocycles. The van der Waals surface area contributed by atoms with Crippen LogP contribution in [0, 0.1) is 5.95 Å². The van der Waals surface area contributed by atoms with Gasteiger partial charge >= 0.3 is 0 Å². The van der Waals surface area contributed by atoms with Crippen LogP contribution in [-0.4, -0.2) is 9.97 Å². The fourth-order valence-corrected chi connectivity index (χ4v) is 1.84. The molecule has 20 heavy (non-hydrogen) atoms. The van der Waals surface area contributed by atoms with E-state index in [0.29, 0.717) is 5.75 Å². The molecule has 0 aliphatic rings. The Hall–Kier alpha value is -2.75. The van der Waals surface area contributed by atoms with Crippen molar-refractivity contribution in [2.45, 2.75) is 0 Å². The maximum atomic E-state index is 12.9. The Morgan fingerprint density at radius 3 is 2.20 bits per heavy atom. The molecule has 98 valence electrons. The summed E-state index contributed by atoms with van der Waals surface area (Å²) in [4.78, 5) is 7.22. The third kappa shape index (κ3) is 2.80. The molecule has 3 rings (SSSR count). The molecule has 1 heterocycles. The van der Waals surface area contributed by atoms with Crippen molar-refractivity contribution in [2.75, 3.05) is 0 Å². The predicted molar refractivity (Wildman–Crippen MR) is 73.9 cm³/mol. The van der Waals surface area contributed by atoms with Crippen molar-refractivity contribution in [2.24, 2.45) is 0 Å². The number of rotatable bonds is 3. The van der Waals surface area contributed by atoms with Gasteiger partial charge in [-0.1, -0.05) is 42.5 Å². The van der Waals surface area contributed by atoms with Crippen molar-refractivity contribution in [3.8, 4) is 22.8 Å². The Labute approximate surface area is 115 Å². The van der Waals surface area contributed by atoms with E-state index in [0.717, 1.165) is 23.5 Å². The molecule has 0 fully saturated rings. The first-order valence-electron chi connectivity index (χ1n) is 6.12. The van der Waals surface area contributed by atoms with Gasteiger partial charge in [0.05, 0.1) is 6.07 Å². The lowest BCUT2D eigenvalue weighted by Crippen LogP contribution is -1.91. The second-order valence-electron chi connectivity index (χ2n) is 4.17. The fraction of sp³-hybridized carbons (Fsp3) is 0. The van der Waals surface area contributed by atoms with Gasteiger partial charge in [0.15, 0.2) is 0 Å². The van der Waals surface area contributed by atoms with Gasteiger partial charge in [0.25, 0.3) is 0 Å². The first kappa shape index (κ1) is 12.3. The summed E-state index contributed by atoms with van der Waals surface area (Å²) < 4.78 is 18.4. The highest BCUT2D eigenvalue weighted by Gasteiger charge is 2.02. The third-order valence-electron chi connectivity index (χ3n) is 2.79. The number of nitrogens with zero attached hydrogens (tertiary/aromatic N) is 2. The van der Waals surface area contributed by atoms with Crippen molar-refractivity contribution in [1.29, 1.82) is 0 Å². The molecular formula is C16H11FN2O. The number of hydrogen-bond donors (Lipinski definition) is 0. The van der Waals surface area contributed by atoms with Crippen molar-refractivity contribution in [3.05, 3.63) is 72.9 Å². The van der Waals surface area contributed by atoms with Crippen LogP contribution in [0.25, 0.3) is 11.1 Å². The van der Waals surface area contributed by atoms with Crippen molar-refractivity contribution >= 4 is 0 Å². The van der Waals surface area contributed by atoms with Crippen LogP contribution in [0.5, 0.6) is 11.6 Å². The molecular weight excluding hydrogens is 255 g/mol. The zero-order valence-electron chi connectivity index (χ0n) is 10.5. The van der Waals surface area contributed by atoms with E-state index >= 15 is 0 Å². The Bertz CT molecular complexity index is 699. The van der Waals surface area contributed by atoms with E-state index in [4.69, 9.17) is 4.74 Å². The highest BCUT2D eigenvalue weighted by molar-refractivity contribution is 5.63. The molecule has 0 saturated heterocycles. The highest BCUT2D eigenvalue weighted by atomic mass is 19.1. The lowest BCUT2D eigenvalue weighted by molar-refractivity contribution is 0.450. The summed E-state index contributed by atoms with van der Waals surface area (Å²) in [6.07, 6.45) is 1.13. The summed E-state index contributed by atoms with van der Waals surface area (Å²) in [6.45, 7) is 0. The van der Waals surface area contributed by atoms with Crippen LogP contribution < -0.4 is 4.74 Å². The molecule has 0 aliphatic heterocycles. The Balaban J connectivity index is 1.80. The minimum Gasteiger partial charge on any atom is -0.439 e. The molecule has 0 aliphatic carbocycles. The number of halogens is 1. The second-order valence-corrected chi connectivity index (χ2v) is 4.17. The van der Waals surface area contributed by atoms with E-state index in [9.17, 15) is 4.39 Å². The molecule has 0 atom stereocenters. The minimum atomic E-state index is -0.615. The largest absolute Gasteiger partial charge is 0.439 e. The summed E-state index contributed by atoms with van der Waals surface area (Å²) in [7, 11) is 0. The monoisotopic (exact) mass is 266 g/mol. The van der Waals surface area contributed by atoms with Gasteiger partial charge < -0.3 is 4.74 Å². The summed E-state index contributed by atoms with van der Waals surface area (Å²) >= 11 is 0. The van der Waals surface area contributed by atoms with Gasteiger partial charge in [0, 0.05) is 0 Å². The van der Waals surface area contributed by atoms with Crippen LogP contribution in [0.1, 0.15) is 0 Å². The van der Waals surface area contributed by atoms with Crippen LogP contribution >= 0.6 is 0 Å². The molecule has 1 aromatic heterocycles. The van der Waals surface area contributed by atoms with E-state index in [-0.39, 0.29) is 5.88 Å². The lowest BCUT2D eigenvalue weighted by atomic mass is 10.1. The van der Waals surface area contributed by atoms with Crippen molar-refractivity contribution < 1.29 is 9.13 Å². The van der Waals surface area contributed by atoms with Crippen molar-refractivity contribution in [3.63, 3.8) is 0 Å². The molecule has 0 saturated carbocycles. The van der Waals surface area contributed by atoms with Gasteiger partial charge in [-0.3, -0.25) is 0 Å². The first-order valence-corrected chi connectivity index (χ1v) is 6.12. The summed E-state index contributed by atoms with van der Waals surface area (Å²) in [5.74, 6) is 0.170. The van der Waals surface area contributed by atoms with E-state index < -0.39 is 5.95 Å². The third-order valence-corrected chi connectivity index (χ3v) is 2.79. The van der Waals surface area contributed by atoms with Crippen LogP contribution in [0.15, 0.2) is 67.0 Å². The summed E-state index contributed by atoms with van der Waals surface area (Å²) in [6, 6.07) is 18.7.